The van der Waals surface area contributed by atoms with Crippen molar-refractivity contribution >= 4 is 11.9 Å². The Balaban J connectivity index is 3.68. The third kappa shape index (κ3) is 4.81. The number of hydrogen-bond acceptors (Lipinski definition) is 5. The monoisotopic (exact) mass is 203 g/mol. The van der Waals surface area contributed by atoms with Crippen LogP contribution in [0, 0.1) is 0 Å². The maximum absolute atomic E-state index is 11.1. The van der Waals surface area contributed by atoms with E-state index in [0.717, 1.165) is 19.3 Å². The Morgan fingerprint density at radius 2 is 1.93 bits per heavy atom. The van der Waals surface area contributed by atoms with Gasteiger partial charge in [-0.25, -0.2) is 9.59 Å². The second kappa shape index (κ2) is 7.32. The fourth-order valence-corrected chi connectivity index (χ4v) is 0.838. The summed E-state index contributed by atoms with van der Waals surface area (Å²) >= 11 is 0. The number of esters is 2. The summed E-state index contributed by atoms with van der Waals surface area (Å²) in [5.41, 5.74) is 5.24. The summed E-state index contributed by atoms with van der Waals surface area (Å²) in [5, 5.41) is 0. The van der Waals surface area contributed by atoms with Crippen LogP contribution >= 0.6 is 0 Å². The van der Waals surface area contributed by atoms with Gasteiger partial charge in [-0.05, 0) is 6.42 Å². The molecule has 0 amide bonds. The zero-order valence-electron chi connectivity index (χ0n) is 8.62. The van der Waals surface area contributed by atoms with Gasteiger partial charge in [0, 0.05) is 0 Å². The molecule has 1 unspecified atom stereocenters. The van der Waals surface area contributed by atoms with Gasteiger partial charge in [0.15, 0.2) is 0 Å². The number of methoxy groups -OCH3 is 1. The van der Waals surface area contributed by atoms with Crippen LogP contribution in [-0.4, -0.2) is 31.7 Å². The van der Waals surface area contributed by atoms with Crippen LogP contribution in [0.4, 0.5) is 0 Å². The highest BCUT2D eigenvalue weighted by Crippen LogP contribution is 1.96. The molecule has 0 saturated heterocycles. The lowest BCUT2D eigenvalue weighted by atomic mass is 10.3. The predicted molar refractivity (Wildman–Crippen MR) is 50.5 cm³/mol. The lowest BCUT2D eigenvalue weighted by molar-refractivity contribution is -0.155. The molecule has 0 rings (SSSR count). The summed E-state index contributed by atoms with van der Waals surface area (Å²) in [6, 6.07) is -1.32. The quantitative estimate of drug-likeness (QED) is 0.379. The van der Waals surface area contributed by atoms with E-state index in [9.17, 15) is 9.59 Å². The van der Waals surface area contributed by atoms with E-state index in [2.05, 4.69) is 4.74 Å². The van der Waals surface area contributed by atoms with Crippen molar-refractivity contribution in [2.24, 2.45) is 5.73 Å². The molecule has 0 aromatic rings. The van der Waals surface area contributed by atoms with Gasteiger partial charge in [-0.2, -0.15) is 0 Å². The van der Waals surface area contributed by atoms with Gasteiger partial charge >= 0.3 is 11.9 Å². The second-order valence-electron chi connectivity index (χ2n) is 2.88. The van der Waals surface area contributed by atoms with E-state index in [-0.39, 0.29) is 0 Å². The summed E-state index contributed by atoms with van der Waals surface area (Å²) in [4.78, 5) is 21.9. The topological polar surface area (TPSA) is 78.6 Å². The highest BCUT2D eigenvalue weighted by atomic mass is 16.5. The normalized spacial score (nSPS) is 11.9. The van der Waals surface area contributed by atoms with Crippen molar-refractivity contribution < 1.29 is 19.1 Å². The largest absolute Gasteiger partial charge is 0.467 e. The van der Waals surface area contributed by atoms with Crippen molar-refractivity contribution in [2.75, 3.05) is 13.7 Å². The maximum atomic E-state index is 11.1. The molecule has 0 saturated carbocycles. The van der Waals surface area contributed by atoms with E-state index in [0.29, 0.717) is 6.61 Å². The zero-order chi connectivity index (χ0) is 11.0. The fraction of sp³-hybridized carbons (Fsp3) is 0.778. The zero-order valence-corrected chi connectivity index (χ0v) is 8.62. The highest BCUT2D eigenvalue weighted by Gasteiger charge is 2.23. The minimum absolute atomic E-state index is 0.303. The first-order valence-corrected chi connectivity index (χ1v) is 4.63. The number of carbonyl (C=O) groups is 2. The van der Waals surface area contributed by atoms with Crippen LogP contribution in [0.5, 0.6) is 0 Å². The summed E-state index contributed by atoms with van der Waals surface area (Å²) in [7, 11) is 1.17. The molecule has 0 heterocycles. The first kappa shape index (κ1) is 12.9. The van der Waals surface area contributed by atoms with Crippen molar-refractivity contribution in [1.29, 1.82) is 0 Å². The Hall–Kier alpha value is -1.10. The van der Waals surface area contributed by atoms with Crippen molar-refractivity contribution in [3.63, 3.8) is 0 Å². The Morgan fingerprint density at radius 1 is 1.29 bits per heavy atom. The molecule has 0 aliphatic carbocycles. The highest BCUT2D eigenvalue weighted by molar-refractivity contribution is 5.98. The molecule has 0 fully saturated rings. The molecule has 14 heavy (non-hydrogen) atoms. The molecule has 82 valence electrons. The molecule has 1 atom stereocenters. The van der Waals surface area contributed by atoms with Gasteiger partial charge in [0.1, 0.15) is 0 Å². The van der Waals surface area contributed by atoms with Crippen LogP contribution in [0.25, 0.3) is 0 Å². The molecule has 5 nitrogen and oxygen atoms in total. The number of carbonyl (C=O) groups excluding carboxylic acids is 2. The first-order valence-electron chi connectivity index (χ1n) is 4.63. The number of nitrogens with two attached hydrogens (primary N) is 1. The van der Waals surface area contributed by atoms with Gasteiger partial charge in [-0.15, -0.1) is 0 Å². The molecule has 0 aliphatic heterocycles. The van der Waals surface area contributed by atoms with Gasteiger partial charge in [-0.1, -0.05) is 19.8 Å². The number of rotatable bonds is 6. The van der Waals surface area contributed by atoms with E-state index in [4.69, 9.17) is 10.5 Å². The molecule has 0 aromatic carbocycles. The minimum atomic E-state index is -1.32. The molecular formula is C9H17NO4. The van der Waals surface area contributed by atoms with Crippen LogP contribution in [0.3, 0.4) is 0 Å². The standard InChI is InChI=1S/C9H17NO4/c1-3-4-5-6-14-9(12)7(10)8(11)13-2/h7H,3-6,10H2,1-2H3. The van der Waals surface area contributed by atoms with Crippen LogP contribution in [-0.2, 0) is 19.1 Å². The predicted octanol–water partition coefficient (Wildman–Crippen LogP) is 0.220. The molecular weight excluding hydrogens is 186 g/mol. The van der Waals surface area contributed by atoms with Crippen LogP contribution in [0.1, 0.15) is 26.2 Å². The molecule has 0 bridgehead atoms. The van der Waals surface area contributed by atoms with E-state index < -0.39 is 18.0 Å². The SMILES string of the molecule is CCCCCOC(=O)C(N)C(=O)OC. The average molecular weight is 203 g/mol. The van der Waals surface area contributed by atoms with Gasteiger partial charge in [0.05, 0.1) is 13.7 Å². The third-order valence-electron chi connectivity index (χ3n) is 1.70. The Kier molecular flexibility index (Phi) is 6.74. The molecule has 2 N–H and O–H groups in total. The van der Waals surface area contributed by atoms with E-state index in [1.165, 1.54) is 7.11 Å². The summed E-state index contributed by atoms with van der Waals surface area (Å²) in [6.07, 6.45) is 2.82. The number of hydrogen-bond donors (Lipinski definition) is 1. The Morgan fingerprint density at radius 3 is 2.43 bits per heavy atom. The lowest BCUT2D eigenvalue weighted by Crippen LogP contribution is -2.40. The van der Waals surface area contributed by atoms with Crippen LogP contribution in [0.15, 0.2) is 0 Å². The van der Waals surface area contributed by atoms with Crippen molar-refractivity contribution in [1.82, 2.24) is 0 Å². The Bertz CT molecular complexity index is 193. The first-order chi connectivity index (χ1) is 6.63. The molecule has 0 spiro atoms. The number of ether oxygens (including phenoxy) is 2. The van der Waals surface area contributed by atoms with Crippen LogP contribution < -0.4 is 5.73 Å². The van der Waals surface area contributed by atoms with Gasteiger partial charge in [0.25, 0.3) is 0 Å². The molecule has 0 radical (unpaired) electrons. The molecule has 0 aromatic heterocycles. The Labute approximate surface area is 83.5 Å². The van der Waals surface area contributed by atoms with Gasteiger partial charge in [-0.3, -0.25) is 0 Å². The average Bonchev–Trinajstić information content (AvgIpc) is 2.21. The van der Waals surface area contributed by atoms with Crippen molar-refractivity contribution in [3.8, 4) is 0 Å². The summed E-state index contributed by atoms with van der Waals surface area (Å²) in [6.45, 7) is 2.35. The smallest absolute Gasteiger partial charge is 0.334 e. The van der Waals surface area contributed by atoms with Gasteiger partial charge < -0.3 is 15.2 Å². The third-order valence-corrected chi connectivity index (χ3v) is 1.70. The lowest BCUT2D eigenvalue weighted by Gasteiger charge is -2.08. The van der Waals surface area contributed by atoms with E-state index in [1.54, 1.807) is 0 Å². The van der Waals surface area contributed by atoms with E-state index >= 15 is 0 Å². The summed E-state index contributed by atoms with van der Waals surface area (Å²) < 4.78 is 9.06. The molecule has 5 heteroatoms. The van der Waals surface area contributed by atoms with E-state index in [1.807, 2.05) is 6.92 Å². The molecule has 0 aliphatic rings. The minimum Gasteiger partial charge on any atom is -0.467 e. The fourth-order valence-electron chi connectivity index (χ4n) is 0.838. The summed E-state index contributed by atoms with van der Waals surface area (Å²) in [5.74, 6) is -1.50. The van der Waals surface area contributed by atoms with Crippen LogP contribution in [0.2, 0.25) is 0 Å². The van der Waals surface area contributed by atoms with Crippen molar-refractivity contribution in [3.05, 3.63) is 0 Å². The van der Waals surface area contributed by atoms with Gasteiger partial charge in [0.2, 0.25) is 6.04 Å². The maximum Gasteiger partial charge on any atom is 0.334 e. The number of unbranched alkanes of at least 4 members (excludes halogenated alkanes) is 2. The second-order valence-corrected chi connectivity index (χ2v) is 2.88. The van der Waals surface area contributed by atoms with Crippen molar-refractivity contribution in [2.45, 2.75) is 32.2 Å².